The summed E-state index contributed by atoms with van der Waals surface area (Å²) in [5, 5.41) is 5.65. The van der Waals surface area contributed by atoms with Crippen molar-refractivity contribution in [2.45, 2.75) is 25.8 Å². The third kappa shape index (κ3) is 3.64. The molecule has 0 spiro atoms. The van der Waals surface area contributed by atoms with Crippen LogP contribution in [0.1, 0.15) is 34.9 Å². The first kappa shape index (κ1) is 16.5. The summed E-state index contributed by atoms with van der Waals surface area (Å²) >= 11 is 1.46. The van der Waals surface area contributed by atoms with Gasteiger partial charge in [0.1, 0.15) is 11.4 Å². The molecule has 1 aromatic carbocycles. The number of methoxy groups -OCH3 is 1. The Labute approximate surface area is 134 Å². The number of hydrogen-bond donors (Lipinski definition) is 2. The van der Waals surface area contributed by atoms with Crippen molar-refractivity contribution in [3.63, 3.8) is 0 Å². The van der Waals surface area contributed by atoms with Crippen LogP contribution in [-0.4, -0.2) is 24.5 Å². The van der Waals surface area contributed by atoms with Gasteiger partial charge in [0.2, 0.25) is 0 Å². The number of carbonyl (C=O) groups is 1. The molecule has 22 heavy (non-hydrogen) atoms. The molecule has 0 aliphatic rings. The average molecular weight is 319 g/mol. The van der Waals surface area contributed by atoms with E-state index in [1.54, 1.807) is 12.5 Å². The van der Waals surface area contributed by atoms with Crippen LogP contribution in [0, 0.1) is 0 Å². The van der Waals surface area contributed by atoms with Gasteiger partial charge < -0.3 is 15.8 Å². The zero-order valence-corrected chi connectivity index (χ0v) is 13.9. The normalized spacial score (nSPS) is 11.3. The smallest absolute Gasteiger partial charge is 0.271 e. The van der Waals surface area contributed by atoms with Crippen LogP contribution in [0.3, 0.4) is 0 Å². The third-order valence-corrected chi connectivity index (χ3v) is 4.26. The Morgan fingerprint density at radius 1 is 1.41 bits per heavy atom. The molecular formula is C16H21N3O2S. The Balaban J connectivity index is 2.18. The second-order valence-electron chi connectivity index (χ2n) is 5.44. The average Bonchev–Trinajstić information content (AvgIpc) is 2.96. The molecule has 1 amide bonds. The quantitative estimate of drug-likeness (QED) is 0.856. The number of thiazole rings is 1. The van der Waals surface area contributed by atoms with E-state index in [2.05, 4.69) is 10.3 Å². The zero-order chi connectivity index (χ0) is 16.2. The molecule has 0 unspecified atom stereocenters. The summed E-state index contributed by atoms with van der Waals surface area (Å²) in [4.78, 5) is 16.7. The van der Waals surface area contributed by atoms with E-state index in [0.29, 0.717) is 18.7 Å². The molecule has 1 aromatic heterocycles. The SMILES string of the molecule is COc1ccccc1C(C)(C)NC(=O)c1csc(CCN)n1. The first-order chi connectivity index (χ1) is 10.5. The van der Waals surface area contributed by atoms with Gasteiger partial charge in [-0.25, -0.2) is 4.98 Å². The zero-order valence-electron chi connectivity index (χ0n) is 13.1. The molecule has 118 valence electrons. The minimum atomic E-state index is -0.568. The molecule has 0 bridgehead atoms. The fourth-order valence-corrected chi connectivity index (χ4v) is 3.02. The number of carbonyl (C=O) groups excluding carboxylic acids is 1. The van der Waals surface area contributed by atoms with Crippen LogP contribution < -0.4 is 15.8 Å². The maximum absolute atomic E-state index is 12.4. The maximum atomic E-state index is 12.4. The van der Waals surface area contributed by atoms with Crippen molar-refractivity contribution in [1.29, 1.82) is 0 Å². The summed E-state index contributed by atoms with van der Waals surface area (Å²) in [5.41, 5.74) is 6.29. The highest BCUT2D eigenvalue weighted by atomic mass is 32.1. The molecule has 5 nitrogen and oxygen atoms in total. The van der Waals surface area contributed by atoms with Gasteiger partial charge in [0.25, 0.3) is 5.91 Å². The Bertz CT molecular complexity index is 652. The van der Waals surface area contributed by atoms with Crippen molar-refractivity contribution < 1.29 is 9.53 Å². The summed E-state index contributed by atoms with van der Waals surface area (Å²) in [6.07, 6.45) is 0.688. The molecule has 6 heteroatoms. The van der Waals surface area contributed by atoms with Gasteiger partial charge in [0.05, 0.1) is 17.7 Å². The highest BCUT2D eigenvalue weighted by Crippen LogP contribution is 2.29. The van der Waals surface area contributed by atoms with E-state index in [1.165, 1.54) is 11.3 Å². The van der Waals surface area contributed by atoms with E-state index in [0.717, 1.165) is 16.3 Å². The van der Waals surface area contributed by atoms with Crippen LogP contribution in [-0.2, 0) is 12.0 Å². The summed E-state index contributed by atoms with van der Waals surface area (Å²) in [6.45, 7) is 4.41. The van der Waals surface area contributed by atoms with Crippen LogP contribution in [0.25, 0.3) is 0 Å². The van der Waals surface area contributed by atoms with Gasteiger partial charge in [-0.05, 0) is 26.5 Å². The van der Waals surface area contributed by atoms with E-state index in [4.69, 9.17) is 10.5 Å². The second-order valence-corrected chi connectivity index (χ2v) is 6.39. The summed E-state index contributed by atoms with van der Waals surface area (Å²) in [7, 11) is 1.62. The molecular weight excluding hydrogens is 298 g/mol. The van der Waals surface area contributed by atoms with Gasteiger partial charge in [-0.2, -0.15) is 0 Å². The lowest BCUT2D eigenvalue weighted by atomic mass is 9.93. The largest absolute Gasteiger partial charge is 0.496 e. The Hall–Kier alpha value is -1.92. The lowest BCUT2D eigenvalue weighted by molar-refractivity contribution is 0.0906. The fraction of sp³-hybridized carbons (Fsp3) is 0.375. The lowest BCUT2D eigenvalue weighted by Crippen LogP contribution is -2.41. The minimum absolute atomic E-state index is 0.199. The topological polar surface area (TPSA) is 77.2 Å². The van der Waals surface area contributed by atoms with Crippen molar-refractivity contribution in [1.82, 2.24) is 10.3 Å². The predicted molar refractivity (Wildman–Crippen MR) is 88.4 cm³/mol. The number of aromatic nitrogens is 1. The molecule has 3 N–H and O–H groups in total. The molecule has 1 heterocycles. The summed E-state index contributed by atoms with van der Waals surface area (Å²) < 4.78 is 5.38. The monoisotopic (exact) mass is 319 g/mol. The number of hydrogen-bond acceptors (Lipinski definition) is 5. The molecule has 2 rings (SSSR count). The molecule has 0 aliphatic carbocycles. The number of benzene rings is 1. The number of ether oxygens (including phenoxy) is 1. The molecule has 0 saturated heterocycles. The lowest BCUT2D eigenvalue weighted by Gasteiger charge is -2.28. The van der Waals surface area contributed by atoms with Crippen molar-refractivity contribution >= 4 is 17.2 Å². The van der Waals surface area contributed by atoms with E-state index < -0.39 is 5.54 Å². The van der Waals surface area contributed by atoms with Crippen molar-refractivity contribution in [3.8, 4) is 5.75 Å². The van der Waals surface area contributed by atoms with Gasteiger partial charge in [-0.3, -0.25) is 4.79 Å². The fourth-order valence-electron chi connectivity index (χ4n) is 2.23. The second kappa shape index (κ2) is 6.89. The van der Waals surface area contributed by atoms with Crippen molar-refractivity contribution in [3.05, 3.63) is 45.9 Å². The van der Waals surface area contributed by atoms with E-state index in [9.17, 15) is 4.79 Å². The van der Waals surface area contributed by atoms with Crippen LogP contribution in [0.4, 0.5) is 0 Å². The Morgan fingerprint density at radius 2 is 2.14 bits per heavy atom. The molecule has 0 radical (unpaired) electrons. The maximum Gasteiger partial charge on any atom is 0.271 e. The number of para-hydroxylation sites is 1. The van der Waals surface area contributed by atoms with Crippen LogP contribution in [0.15, 0.2) is 29.6 Å². The van der Waals surface area contributed by atoms with E-state index in [1.807, 2.05) is 38.1 Å². The Morgan fingerprint density at radius 3 is 2.82 bits per heavy atom. The van der Waals surface area contributed by atoms with Gasteiger partial charge in [0, 0.05) is 17.4 Å². The predicted octanol–water partition coefficient (Wildman–Crippen LogP) is 2.32. The van der Waals surface area contributed by atoms with Crippen LogP contribution in [0.5, 0.6) is 5.75 Å². The summed E-state index contributed by atoms with van der Waals surface area (Å²) in [6, 6.07) is 7.65. The number of nitrogens with zero attached hydrogens (tertiary/aromatic N) is 1. The molecule has 0 atom stereocenters. The third-order valence-electron chi connectivity index (χ3n) is 3.35. The first-order valence-corrected chi connectivity index (χ1v) is 7.96. The molecule has 2 aromatic rings. The Kier molecular flexibility index (Phi) is 5.15. The molecule has 0 aliphatic heterocycles. The molecule has 0 fully saturated rings. The van der Waals surface area contributed by atoms with Gasteiger partial charge in [-0.15, -0.1) is 11.3 Å². The van der Waals surface area contributed by atoms with E-state index in [-0.39, 0.29) is 5.91 Å². The number of nitrogens with two attached hydrogens (primary N) is 1. The number of amides is 1. The summed E-state index contributed by atoms with van der Waals surface area (Å²) in [5.74, 6) is 0.547. The van der Waals surface area contributed by atoms with Gasteiger partial charge in [0.15, 0.2) is 0 Å². The minimum Gasteiger partial charge on any atom is -0.496 e. The van der Waals surface area contributed by atoms with Crippen molar-refractivity contribution in [2.75, 3.05) is 13.7 Å². The number of nitrogens with one attached hydrogen (secondary N) is 1. The van der Waals surface area contributed by atoms with Gasteiger partial charge >= 0.3 is 0 Å². The highest BCUT2D eigenvalue weighted by molar-refractivity contribution is 7.09. The molecule has 0 saturated carbocycles. The highest BCUT2D eigenvalue weighted by Gasteiger charge is 2.27. The van der Waals surface area contributed by atoms with Crippen molar-refractivity contribution in [2.24, 2.45) is 5.73 Å². The van der Waals surface area contributed by atoms with Crippen LogP contribution >= 0.6 is 11.3 Å². The first-order valence-electron chi connectivity index (χ1n) is 7.08. The van der Waals surface area contributed by atoms with Gasteiger partial charge in [-0.1, -0.05) is 18.2 Å². The van der Waals surface area contributed by atoms with E-state index >= 15 is 0 Å². The van der Waals surface area contributed by atoms with Crippen LogP contribution in [0.2, 0.25) is 0 Å². The number of rotatable bonds is 6. The standard InChI is InChI=1S/C16H21N3O2S/c1-16(2,11-6-4-5-7-13(11)21-3)19-15(20)12-10-22-14(18-12)8-9-17/h4-7,10H,8-9,17H2,1-3H3,(H,19,20).